The number of amides is 2. The number of benzene rings is 1. The van der Waals surface area contributed by atoms with Crippen molar-refractivity contribution in [3.63, 3.8) is 0 Å². The SMILES string of the molecule is CCCC(=O)N1CCC[C@H](C(=O)Nc2nc3cc(F)c(Br)cc3s2)C1. The van der Waals surface area contributed by atoms with E-state index >= 15 is 0 Å². The quantitative estimate of drug-likeness (QED) is 0.795. The van der Waals surface area contributed by atoms with Crippen LogP contribution in [0.2, 0.25) is 0 Å². The highest BCUT2D eigenvalue weighted by molar-refractivity contribution is 9.10. The fourth-order valence-electron chi connectivity index (χ4n) is 2.97. The van der Waals surface area contributed by atoms with Crippen molar-refractivity contribution in [2.45, 2.75) is 32.6 Å². The molecule has 8 heteroatoms. The Hall–Kier alpha value is -1.54. The lowest BCUT2D eigenvalue weighted by Gasteiger charge is -2.31. The molecule has 1 fully saturated rings. The third-order valence-corrected chi connectivity index (χ3v) is 5.81. The summed E-state index contributed by atoms with van der Waals surface area (Å²) in [6.07, 6.45) is 2.91. The van der Waals surface area contributed by atoms with Crippen LogP contribution in [0.5, 0.6) is 0 Å². The molecule has 1 N–H and O–H groups in total. The highest BCUT2D eigenvalue weighted by Crippen LogP contribution is 2.31. The van der Waals surface area contributed by atoms with E-state index in [4.69, 9.17) is 0 Å². The zero-order valence-corrected chi connectivity index (χ0v) is 16.3. The zero-order chi connectivity index (χ0) is 18.0. The summed E-state index contributed by atoms with van der Waals surface area (Å²) in [5.41, 5.74) is 0.518. The number of halogens is 2. The molecule has 2 heterocycles. The van der Waals surface area contributed by atoms with Crippen LogP contribution in [-0.2, 0) is 9.59 Å². The summed E-state index contributed by atoms with van der Waals surface area (Å²) in [5.74, 6) is -0.633. The van der Waals surface area contributed by atoms with E-state index in [0.29, 0.717) is 28.1 Å². The van der Waals surface area contributed by atoms with Crippen LogP contribution in [0.1, 0.15) is 32.6 Å². The third-order valence-electron chi connectivity index (χ3n) is 4.27. The molecule has 1 aliphatic heterocycles. The number of piperidine rings is 1. The molecule has 2 aromatic rings. The van der Waals surface area contributed by atoms with E-state index in [1.165, 1.54) is 17.4 Å². The first kappa shape index (κ1) is 18.3. The normalized spacial score (nSPS) is 17.7. The minimum Gasteiger partial charge on any atom is -0.342 e. The maximum atomic E-state index is 13.6. The fourth-order valence-corrected chi connectivity index (χ4v) is 4.36. The monoisotopic (exact) mass is 427 g/mol. The van der Waals surface area contributed by atoms with E-state index < -0.39 is 0 Å². The predicted octanol–water partition coefficient (Wildman–Crippen LogP) is 4.18. The highest BCUT2D eigenvalue weighted by atomic mass is 79.9. The van der Waals surface area contributed by atoms with Crippen LogP contribution in [0.4, 0.5) is 9.52 Å². The molecular weight excluding hydrogens is 409 g/mol. The van der Waals surface area contributed by atoms with Gasteiger partial charge in [-0.3, -0.25) is 9.59 Å². The van der Waals surface area contributed by atoms with Gasteiger partial charge in [-0.25, -0.2) is 9.37 Å². The predicted molar refractivity (Wildman–Crippen MR) is 100 cm³/mol. The largest absolute Gasteiger partial charge is 0.342 e. The second kappa shape index (κ2) is 7.78. The van der Waals surface area contributed by atoms with Crippen molar-refractivity contribution in [2.75, 3.05) is 18.4 Å². The molecule has 1 aliphatic rings. The first-order valence-electron chi connectivity index (χ1n) is 8.32. The van der Waals surface area contributed by atoms with Crippen molar-refractivity contribution in [3.8, 4) is 0 Å². The van der Waals surface area contributed by atoms with E-state index in [1.54, 1.807) is 11.0 Å². The van der Waals surface area contributed by atoms with Gasteiger partial charge < -0.3 is 10.2 Å². The molecule has 1 aromatic carbocycles. The number of likely N-dealkylation sites (tertiary alicyclic amines) is 1. The number of anilines is 1. The third kappa shape index (κ3) is 4.17. The lowest BCUT2D eigenvalue weighted by Crippen LogP contribution is -2.43. The van der Waals surface area contributed by atoms with Crippen LogP contribution in [-0.4, -0.2) is 34.8 Å². The number of rotatable bonds is 4. The van der Waals surface area contributed by atoms with Crippen molar-refractivity contribution >= 4 is 54.4 Å². The molecule has 25 heavy (non-hydrogen) atoms. The molecule has 0 spiro atoms. The Morgan fingerprint density at radius 1 is 1.48 bits per heavy atom. The number of aromatic nitrogens is 1. The molecule has 3 rings (SSSR count). The minimum absolute atomic E-state index is 0.111. The summed E-state index contributed by atoms with van der Waals surface area (Å²) in [7, 11) is 0. The topological polar surface area (TPSA) is 62.3 Å². The van der Waals surface area contributed by atoms with Crippen molar-refractivity contribution < 1.29 is 14.0 Å². The Morgan fingerprint density at radius 2 is 2.28 bits per heavy atom. The van der Waals surface area contributed by atoms with E-state index in [2.05, 4.69) is 26.2 Å². The summed E-state index contributed by atoms with van der Waals surface area (Å²) in [4.78, 5) is 30.6. The van der Waals surface area contributed by atoms with Gasteiger partial charge in [0.05, 0.1) is 20.6 Å². The summed E-state index contributed by atoms with van der Waals surface area (Å²) in [5, 5.41) is 3.28. The lowest BCUT2D eigenvalue weighted by atomic mass is 9.97. The number of fused-ring (bicyclic) bond motifs is 1. The van der Waals surface area contributed by atoms with Gasteiger partial charge in [0.15, 0.2) is 5.13 Å². The molecular formula is C17H19BrFN3O2S. The minimum atomic E-state index is -0.381. The molecule has 0 saturated carbocycles. The average molecular weight is 428 g/mol. The van der Waals surface area contributed by atoms with Crippen molar-refractivity contribution in [2.24, 2.45) is 5.92 Å². The molecule has 1 saturated heterocycles. The number of carbonyl (C=O) groups is 2. The second-order valence-electron chi connectivity index (χ2n) is 6.17. The van der Waals surface area contributed by atoms with Crippen LogP contribution in [0, 0.1) is 11.7 Å². The Balaban J connectivity index is 1.68. The Labute approximate surface area is 157 Å². The van der Waals surface area contributed by atoms with Crippen LogP contribution in [0.3, 0.4) is 0 Å². The van der Waals surface area contributed by atoms with Gasteiger partial charge in [-0.15, -0.1) is 0 Å². The maximum Gasteiger partial charge on any atom is 0.231 e. The summed E-state index contributed by atoms with van der Waals surface area (Å²) in [6.45, 7) is 3.15. The van der Waals surface area contributed by atoms with Crippen LogP contribution in [0.15, 0.2) is 16.6 Å². The number of hydrogen-bond acceptors (Lipinski definition) is 4. The number of nitrogens with one attached hydrogen (secondary N) is 1. The molecule has 1 aromatic heterocycles. The molecule has 0 unspecified atom stereocenters. The number of carbonyl (C=O) groups excluding carboxylic acids is 2. The van der Waals surface area contributed by atoms with Crippen LogP contribution in [0.25, 0.3) is 10.2 Å². The van der Waals surface area contributed by atoms with Gasteiger partial charge in [-0.1, -0.05) is 18.3 Å². The molecule has 0 radical (unpaired) electrons. The molecule has 134 valence electrons. The summed E-state index contributed by atoms with van der Waals surface area (Å²) in [6, 6.07) is 3.00. The van der Waals surface area contributed by atoms with E-state index in [1.807, 2.05) is 6.92 Å². The van der Waals surface area contributed by atoms with Crippen molar-refractivity contribution in [1.29, 1.82) is 0 Å². The Bertz CT molecular complexity index is 772. The van der Waals surface area contributed by atoms with E-state index in [9.17, 15) is 14.0 Å². The zero-order valence-electron chi connectivity index (χ0n) is 13.8. The maximum absolute atomic E-state index is 13.6. The van der Waals surface area contributed by atoms with Gasteiger partial charge in [0.1, 0.15) is 5.82 Å². The fraction of sp³-hybridized carbons (Fsp3) is 0.471. The first-order chi connectivity index (χ1) is 12.0. The Morgan fingerprint density at radius 3 is 3.04 bits per heavy atom. The summed E-state index contributed by atoms with van der Waals surface area (Å²) < 4.78 is 14.8. The molecule has 0 bridgehead atoms. The smallest absolute Gasteiger partial charge is 0.231 e. The average Bonchev–Trinajstić information content (AvgIpc) is 2.96. The van der Waals surface area contributed by atoms with Gasteiger partial charge in [0.2, 0.25) is 11.8 Å². The first-order valence-corrected chi connectivity index (χ1v) is 9.93. The summed E-state index contributed by atoms with van der Waals surface area (Å²) >= 11 is 4.46. The van der Waals surface area contributed by atoms with Gasteiger partial charge in [0, 0.05) is 25.6 Å². The highest BCUT2D eigenvalue weighted by Gasteiger charge is 2.28. The van der Waals surface area contributed by atoms with Gasteiger partial charge >= 0.3 is 0 Å². The van der Waals surface area contributed by atoms with E-state index in [0.717, 1.165) is 30.5 Å². The van der Waals surface area contributed by atoms with Crippen molar-refractivity contribution in [3.05, 3.63) is 22.4 Å². The van der Waals surface area contributed by atoms with Gasteiger partial charge in [0.25, 0.3) is 0 Å². The number of nitrogens with zero attached hydrogens (tertiary/aromatic N) is 2. The number of hydrogen-bond donors (Lipinski definition) is 1. The van der Waals surface area contributed by atoms with E-state index in [-0.39, 0.29) is 23.5 Å². The standard InChI is InChI=1S/C17H19BrFN3O2S/c1-2-4-15(23)22-6-3-5-10(9-22)16(24)21-17-20-13-8-12(19)11(18)7-14(13)25-17/h7-8,10H,2-6,9H2,1H3,(H,20,21,24)/t10-/m0/s1. The molecule has 5 nitrogen and oxygen atoms in total. The van der Waals surface area contributed by atoms with Crippen LogP contribution < -0.4 is 5.32 Å². The number of thiazole rings is 1. The van der Waals surface area contributed by atoms with Gasteiger partial charge in [-0.05, 0) is 41.3 Å². The van der Waals surface area contributed by atoms with Crippen molar-refractivity contribution in [1.82, 2.24) is 9.88 Å². The second-order valence-corrected chi connectivity index (χ2v) is 8.06. The van der Waals surface area contributed by atoms with Crippen LogP contribution >= 0.6 is 27.3 Å². The Kier molecular flexibility index (Phi) is 5.68. The lowest BCUT2D eigenvalue weighted by molar-refractivity contribution is -0.134. The molecule has 1 atom stereocenters. The molecule has 0 aliphatic carbocycles. The van der Waals surface area contributed by atoms with Gasteiger partial charge in [-0.2, -0.15) is 0 Å². The molecule has 2 amide bonds.